The predicted octanol–water partition coefficient (Wildman–Crippen LogP) is 2.69. The number of benzene rings is 2. The molecule has 1 atom stereocenters. The second kappa shape index (κ2) is 6.78. The zero-order valence-corrected chi connectivity index (χ0v) is 13.1. The maximum Gasteiger partial charge on any atom is 0.243 e. The summed E-state index contributed by atoms with van der Waals surface area (Å²) in [5.74, 6) is 0.183. The molecule has 0 aliphatic carbocycles. The minimum Gasteiger partial charge on any atom is -0.368 e. The van der Waals surface area contributed by atoms with Crippen molar-refractivity contribution in [3.63, 3.8) is 0 Å². The van der Waals surface area contributed by atoms with Gasteiger partial charge in [-0.05, 0) is 31.7 Å². The molecule has 1 amide bonds. The fraction of sp³-hybridized carbons (Fsp3) is 0.235. The van der Waals surface area contributed by atoms with Crippen molar-refractivity contribution >= 4 is 17.7 Å². The summed E-state index contributed by atoms with van der Waals surface area (Å²) < 4.78 is 0. The van der Waals surface area contributed by atoms with E-state index in [4.69, 9.17) is 5.73 Å². The normalized spacial score (nSPS) is 13.6. The first-order valence-electron chi connectivity index (χ1n) is 6.82. The Morgan fingerprint density at radius 1 is 1.14 bits per heavy atom. The highest BCUT2D eigenvalue weighted by Crippen LogP contribution is 2.29. The van der Waals surface area contributed by atoms with Crippen LogP contribution in [0.15, 0.2) is 59.5 Å². The predicted molar refractivity (Wildman–Crippen MR) is 88.3 cm³/mol. The molecule has 1 unspecified atom stereocenters. The highest BCUT2D eigenvalue weighted by molar-refractivity contribution is 7.99. The zero-order valence-electron chi connectivity index (χ0n) is 12.3. The fourth-order valence-corrected chi connectivity index (χ4v) is 3.35. The Bertz CT molecular complexity index is 598. The number of hydrogen-bond donors (Lipinski definition) is 2. The summed E-state index contributed by atoms with van der Waals surface area (Å²) in [6, 6.07) is 17.9. The molecule has 2 rings (SSSR count). The molecule has 0 aromatic heterocycles. The quantitative estimate of drug-likeness (QED) is 0.807. The Kier molecular flexibility index (Phi) is 5.04. The summed E-state index contributed by atoms with van der Waals surface area (Å²) in [4.78, 5) is 13.2. The number of thioether (sulfide) groups is 1. The molecule has 0 saturated carbocycles. The molecule has 21 heavy (non-hydrogen) atoms. The lowest BCUT2D eigenvalue weighted by Gasteiger charge is -2.30. The van der Waals surface area contributed by atoms with Crippen LogP contribution in [0.25, 0.3) is 0 Å². The third-order valence-electron chi connectivity index (χ3n) is 3.59. The molecule has 0 aliphatic heterocycles. The number of hydrogen-bond acceptors (Lipinski definition) is 3. The summed E-state index contributed by atoms with van der Waals surface area (Å²) >= 11 is 1.62. The summed E-state index contributed by atoms with van der Waals surface area (Å²) in [6.07, 6.45) is 0. The van der Waals surface area contributed by atoms with Gasteiger partial charge in [0.15, 0.2) is 0 Å². The van der Waals surface area contributed by atoms with E-state index in [9.17, 15) is 4.79 Å². The second-order valence-electron chi connectivity index (χ2n) is 4.99. The van der Waals surface area contributed by atoms with E-state index in [1.165, 1.54) is 5.56 Å². The van der Waals surface area contributed by atoms with E-state index in [1.54, 1.807) is 18.8 Å². The van der Waals surface area contributed by atoms with Gasteiger partial charge in [-0.25, -0.2) is 0 Å². The minimum absolute atomic E-state index is 0.365. The summed E-state index contributed by atoms with van der Waals surface area (Å²) in [7, 11) is 1.77. The largest absolute Gasteiger partial charge is 0.368 e. The van der Waals surface area contributed by atoms with E-state index < -0.39 is 5.54 Å². The summed E-state index contributed by atoms with van der Waals surface area (Å²) in [6.45, 7) is 2.06. The standard InChI is InChI=1S/C17H20N2OS/c1-13-8-10-15(11-9-13)21-12-17(19-2,16(18)20)14-6-4-3-5-7-14/h3-11,19H,12H2,1-2H3,(H2,18,20). The Hall–Kier alpha value is -1.78. The van der Waals surface area contributed by atoms with Crippen LogP contribution < -0.4 is 11.1 Å². The fourth-order valence-electron chi connectivity index (χ4n) is 2.19. The molecule has 0 spiro atoms. The van der Waals surface area contributed by atoms with Gasteiger partial charge in [-0.2, -0.15) is 0 Å². The van der Waals surface area contributed by atoms with Gasteiger partial charge in [0, 0.05) is 10.6 Å². The van der Waals surface area contributed by atoms with Crippen molar-refractivity contribution < 1.29 is 4.79 Å². The maximum atomic E-state index is 12.1. The van der Waals surface area contributed by atoms with E-state index >= 15 is 0 Å². The van der Waals surface area contributed by atoms with Crippen LogP contribution in [-0.4, -0.2) is 18.7 Å². The molecule has 0 heterocycles. The molecule has 0 saturated heterocycles. The summed E-state index contributed by atoms with van der Waals surface area (Å²) in [5.41, 5.74) is 6.93. The Labute approximate surface area is 129 Å². The zero-order chi connectivity index (χ0) is 15.3. The summed E-state index contributed by atoms with van der Waals surface area (Å²) in [5, 5.41) is 3.12. The SMILES string of the molecule is CNC(CSc1ccc(C)cc1)(C(N)=O)c1ccccc1. The van der Waals surface area contributed by atoms with Crippen LogP contribution in [0, 0.1) is 6.92 Å². The maximum absolute atomic E-state index is 12.1. The number of likely N-dealkylation sites (N-methyl/N-ethyl adjacent to an activating group) is 1. The lowest BCUT2D eigenvalue weighted by molar-refractivity contribution is -0.123. The number of nitrogens with one attached hydrogen (secondary N) is 1. The number of carbonyl (C=O) groups excluding carboxylic acids is 1. The Balaban J connectivity index is 2.25. The van der Waals surface area contributed by atoms with Crippen LogP contribution in [0.5, 0.6) is 0 Å². The first-order valence-corrected chi connectivity index (χ1v) is 7.81. The van der Waals surface area contributed by atoms with Gasteiger partial charge in [-0.15, -0.1) is 11.8 Å². The average Bonchev–Trinajstić information content (AvgIpc) is 2.51. The molecular formula is C17H20N2OS. The molecule has 0 aliphatic rings. The number of rotatable bonds is 6. The van der Waals surface area contributed by atoms with Crippen LogP contribution in [0.1, 0.15) is 11.1 Å². The Morgan fingerprint density at radius 2 is 1.76 bits per heavy atom. The van der Waals surface area contributed by atoms with Crippen LogP contribution in [0.3, 0.4) is 0 Å². The van der Waals surface area contributed by atoms with E-state index in [2.05, 4.69) is 36.5 Å². The van der Waals surface area contributed by atoms with Crippen LogP contribution >= 0.6 is 11.8 Å². The van der Waals surface area contributed by atoms with Crippen LogP contribution in [-0.2, 0) is 10.3 Å². The van der Waals surface area contributed by atoms with Gasteiger partial charge < -0.3 is 11.1 Å². The van der Waals surface area contributed by atoms with Gasteiger partial charge in [-0.3, -0.25) is 4.79 Å². The highest BCUT2D eigenvalue weighted by Gasteiger charge is 2.36. The molecule has 4 heteroatoms. The number of primary amides is 1. The monoisotopic (exact) mass is 300 g/mol. The van der Waals surface area contributed by atoms with Gasteiger partial charge in [0.05, 0.1) is 0 Å². The topological polar surface area (TPSA) is 55.1 Å². The first kappa shape index (κ1) is 15.6. The molecule has 2 aromatic carbocycles. The van der Waals surface area contributed by atoms with Crippen molar-refractivity contribution in [3.8, 4) is 0 Å². The van der Waals surface area contributed by atoms with Gasteiger partial charge >= 0.3 is 0 Å². The van der Waals surface area contributed by atoms with Crippen molar-refractivity contribution in [2.45, 2.75) is 17.4 Å². The molecule has 3 N–H and O–H groups in total. The van der Waals surface area contributed by atoms with Gasteiger partial charge in [0.25, 0.3) is 0 Å². The van der Waals surface area contributed by atoms with Crippen molar-refractivity contribution in [2.75, 3.05) is 12.8 Å². The number of nitrogens with two attached hydrogens (primary N) is 1. The van der Waals surface area contributed by atoms with Crippen LogP contribution in [0.4, 0.5) is 0 Å². The number of carbonyl (C=O) groups is 1. The molecule has 2 aromatic rings. The number of amides is 1. The highest BCUT2D eigenvalue weighted by atomic mass is 32.2. The molecule has 110 valence electrons. The smallest absolute Gasteiger partial charge is 0.243 e. The third kappa shape index (κ3) is 3.46. The van der Waals surface area contributed by atoms with Gasteiger partial charge in [-0.1, -0.05) is 48.0 Å². The van der Waals surface area contributed by atoms with Crippen molar-refractivity contribution in [2.24, 2.45) is 5.73 Å². The van der Waals surface area contributed by atoms with Crippen molar-refractivity contribution in [3.05, 3.63) is 65.7 Å². The second-order valence-corrected chi connectivity index (χ2v) is 6.04. The minimum atomic E-state index is -0.864. The first-order chi connectivity index (χ1) is 10.1. The van der Waals surface area contributed by atoms with E-state index in [-0.39, 0.29) is 5.91 Å². The molecule has 3 nitrogen and oxygen atoms in total. The van der Waals surface area contributed by atoms with Crippen molar-refractivity contribution in [1.29, 1.82) is 0 Å². The van der Waals surface area contributed by atoms with E-state index in [0.717, 1.165) is 10.5 Å². The van der Waals surface area contributed by atoms with Gasteiger partial charge in [0.1, 0.15) is 5.54 Å². The average molecular weight is 300 g/mol. The van der Waals surface area contributed by atoms with E-state index in [1.807, 2.05) is 30.3 Å². The Morgan fingerprint density at radius 3 is 2.29 bits per heavy atom. The molecule has 0 bridgehead atoms. The molecular weight excluding hydrogens is 280 g/mol. The lowest BCUT2D eigenvalue weighted by atomic mass is 9.91. The van der Waals surface area contributed by atoms with Gasteiger partial charge in [0.2, 0.25) is 5.91 Å². The third-order valence-corrected chi connectivity index (χ3v) is 4.77. The molecule has 0 fully saturated rings. The number of aryl methyl sites for hydroxylation is 1. The van der Waals surface area contributed by atoms with E-state index in [0.29, 0.717) is 5.75 Å². The molecule has 0 radical (unpaired) electrons. The lowest BCUT2D eigenvalue weighted by Crippen LogP contribution is -2.53. The van der Waals surface area contributed by atoms with Crippen LogP contribution in [0.2, 0.25) is 0 Å². The van der Waals surface area contributed by atoms with Crippen molar-refractivity contribution in [1.82, 2.24) is 5.32 Å².